The van der Waals surface area contributed by atoms with Crippen molar-refractivity contribution in [1.82, 2.24) is 0 Å². The van der Waals surface area contributed by atoms with Crippen molar-refractivity contribution in [3.05, 3.63) is 6.92 Å². The van der Waals surface area contributed by atoms with E-state index in [2.05, 4.69) is 6.92 Å². The van der Waals surface area contributed by atoms with Gasteiger partial charge in [-0.15, -0.1) is 0 Å². The van der Waals surface area contributed by atoms with Gasteiger partial charge in [0.05, 0.1) is 0 Å². The van der Waals surface area contributed by atoms with Crippen LogP contribution in [0.25, 0.3) is 0 Å². The molecule has 0 fully saturated rings. The molecule has 12 heavy (non-hydrogen) atoms. The third kappa shape index (κ3) is 6.08. The van der Waals surface area contributed by atoms with Gasteiger partial charge in [-0.3, -0.25) is 9.59 Å². The maximum Gasteiger partial charge on any atom is 0.132 e. The summed E-state index contributed by atoms with van der Waals surface area (Å²) in [6.45, 7) is 5.44. The van der Waals surface area contributed by atoms with E-state index in [1.54, 1.807) is 0 Å². The number of rotatable bonds is 7. The summed E-state index contributed by atoms with van der Waals surface area (Å²) in [7, 11) is 0. The summed E-state index contributed by atoms with van der Waals surface area (Å²) in [5.74, 6) is 0.478. The second-order valence-electron chi connectivity index (χ2n) is 2.89. The first kappa shape index (κ1) is 11.3. The highest BCUT2D eigenvalue weighted by atomic mass is 16.1. The largest absolute Gasteiger partial charge is 0.300 e. The summed E-state index contributed by atoms with van der Waals surface area (Å²) in [5.41, 5.74) is 0. The third-order valence-corrected chi connectivity index (χ3v) is 1.76. The molecule has 1 radical (unpaired) electrons. The number of carbonyl (C=O) groups is 2. The van der Waals surface area contributed by atoms with Gasteiger partial charge < -0.3 is 0 Å². The molecule has 0 rings (SSSR count). The van der Waals surface area contributed by atoms with Crippen LogP contribution in [0.1, 0.15) is 45.4 Å². The Morgan fingerprint density at radius 3 is 2.17 bits per heavy atom. The Bertz CT molecular complexity index is 150. The molecule has 2 nitrogen and oxygen atoms in total. The average Bonchev–Trinajstić information content (AvgIpc) is 2.04. The van der Waals surface area contributed by atoms with Gasteiger partial charge in [-0.05, 0) is 12.8 Å². The van der Waals surface area contributed by atoms with Crippen LogP contribution in [-0.4, -0.2) is 11.6 Å². The van der Waals surface area contributed by atoms with Gasteiger partial charge in [0.15, 0.2) is 0 Å². The van der Waals surface area contributed by atoms with E-state index in [1.165, 1.54) is 0 Å². The van der Waals surface area contributed by atoms with E-state index in [0.29, 0.717) is 38.5 Å². The van der Waals surface area contributed by atoms with Crippen LogP contribution in [0.5, 0.6) is 0 Å². The molecule has 69 valence electrons. The first-order valence-electron chi connectivity index (χ1n) is 4.53. The molecule has 0 N–H and O–H groups in total. The normalized spacial score (nSPS) is 9.83. The molecule has 0 heterocycles. The summed E-state index contributed by atoms with van der Waals surface area (Å²) in [5, 5.41) is 0. The van der Waals surface area contributed by atoms with Crippen LogP contribution in [-0.2, 0) is 9.59 Å². The van der Waals surface area contributed by atoms with Gasteiger partial charge in [0, 0.05) is 25.7 Å². The van der Waals surface area contributed by atoms with Crippen molar-refractivity contribution in [3.63, 3.8) is 0 Å². The predicted octanol–water partition coefficient (Wildman–Crippen LogP) is 2.32. The lowest BCUT2D eigenvalue weighted by atomic mass is 10.1. The zero-order chi connectivity index (χ0) is 9.40. The smallest absolute Gasteiger partial charge is 0.132 e. The van der Waals surface area contributed by atoms with E-state index in [1.807, 2.05) is 6.92 Å². The summed E-state index contributed by atoms with van der Waals surface area (Å²) < 4.78 is 0. The molecule has 0 aliphatic carbocycles. The standard InChI is InChI=1S/C10H17O2/c1-3-6-10(12)8-5-7-9(11)4-2/h1,3-8H2,2H3. The lowest BCUT2D eigenvalue weighted by molar-refractivity contribution is -0.120. The molecule has 0 aliphatic heterocycles. The molecular formula is C10H17O2. The van der Waals surface area contributed by atoms with Crippen molar-refractivity contribution >= 4 is 11.6 Å². The summed E-state index contributed by atoms with van der Waals surface area (Å²) in [6.07, 6.45) is 3.62. The molecule has 0 bridgehead atoms. The van der Waals surface area contributed by atoms with Crippen molar-refractivity contribution < 1.29 is 9.59 Å². The highest BCUT2D eigenvalue weighted by Gasteiger charge is 2.02. The van der Waals surface area contributed by atoms with Gasteiger partial charge in [-0.2, -0.15) is 0 Å². The fourth-order valence-corrected chi connectivity index (χ4v) is 0.982. The van der Waals surface area contributed by atoms with Crippen LogP contribution in [0.4, 0.5) is 0 Å². The van der Waals surface area contributed by atoms with Crippen LogP contribution in [0.15, 0.2) is 0 Å². The summed E-state index contributed by atoms with van der Waals surface area (Å²) in [6, 6.07) is 0. The number of carbonyl (C=O) groups excluding carboxylic acids is 2. The molecule has 0 spiro atoms. The van der Waals surface area contributed by atoms with Gasteiger partial charge in [0.2, 0.25) is 0 Å². The monoisotopic (exact) mass is 169 g/mol. The van der Waals surface area contributed by atoms with E-state index < -0.39 is 0 Å². The van der Waals surface area contributed by atoms with E-state index in [0.717, 1.165) is 0 Å². The Balaban J connectivity index is 3.30. The fraction of sp³-hybridized carbons (Fsp3) is 0.700. The zero-order valence-electron chi connectivity index (χ0n) is 7.77. The van der Waals surface area contributed by atoms with Gasteiger partial charge >= 0.3 is 0 Å². The molecule has 0 aromatic heterocycles. The minimum Gasteiger partial charge on any atom is -0.300 e. The first-order valence-corrected chi connectivity index (χ1v) is 4.53. The summed E-state index contributed by atoms with van der Waals surface area (Å²) in [4.78, 5) is 21.8. The Morgan fingerprint density at radius 2 is 1.67 bits per heavy atom. The average molecular weight is 169 g/mol. The molecule has 0 saturated carbocycles. The SMILES string of the molecule is [CH2]CCC(=O)CCCC(=O)CC. The fourth-order valence-electron chi connectivity index (χ4n) is 0.982. The van der Waals surface area contributed by atoms with Gasteiger partial charge in [0.25, 0.3) is 0 Å². The Hall–Kier alpha value is -0.660. The highest BCUT2D eigenvalue weighted by Crippen LogP contribution is 2.02. The minimum absolute atomic E-state index is 0.230. The predicted molar refractivity (Wildman–Crippen MR) is 48.7 cm³/mol. The summed E-state index contributed by atoms with van der Waals surface area (Å²) >= 11 is 0. The van der Waals surface area contributed by atoms with Crippen LogP contribution < -0.4 is 0 Å². The zero-order valence-corrected chi connectivity index (χ0v) is 7.77. The van der Waals surface area contributed by atoms with Gasteiger partial charge in [0.1, 0.15) is 11.6 Å². The molecular weight excluding hydrogens is 152 g/mol. The van der Waals surface area contributed by atoms with Crippen molar-refractivity contribution in [2.24, 2.45) is 0 Å². The molecule has 0 aliphatic rings. The number of hydrogen-bond donors (Lipinski definition) is 0. The third-order valence-electron chi connectivity index (χ3n) is 1.76. The topological polar surface area (TPSA) is 34.1 Å². The number of hydrogen-bond acceptors (Lipinski definition) is 2. The maximum absolute atomic E-state index is 11.0. The Morgan fingerprint density at radius 1 is 1.08 bits per heavy atom. The van der Waals surface area contributed by atoms with E-state index in [4.69, 9.17) is 0 Å². The first-order chi connectivity index (χ1) is 5.70. The second kappa shape index (κ2) is 7.01. The quantitative estimate of drug-likeness (QED) is 0.586. The molecule has 0 saturated heterocycles. The van der Waals surface area contributed by atoms with Crippen LogP contribution in [0.3, 0.4) is 0 Å². The van der Waals surface area contributed by atoms with Gasteiger partial charge in [-0.25, -0.2) is 0 Å². The second-order valence-corrected chi connectivity index (χ2v) is 2.89. The molecule has 0 atom stereocenters. The van der Waals surface area contributed by atoms with E-state index in [9.17, 15) is 9.59 Å². The van der Waals surface area contributed by atoms with Crippen LogP contribution in [0.2, 0.25) is 0 Å². The molecule has 0 aromatic rings. The molecule has 0 amide bonds. The Kier molecular flexibility index (Phi) is 6.63. The highest BCUT2D eigenvalue weighted by molar-refractivity contribution is 5.81. The number of Topliss-reactive ketones (excluding diaryl/α,β-unsaturated/α-hetero) is 2. The molecule has 0 unspecified atom stereocenters. The Labute approximate surface area is 74.3 Å². The van der Waals surface area contributed by atoms with Crippen molar-refractivity contribution in [1.29, 1.82) is 0 Å². The molecule has 2 heteroatoms. The van der Waals surface area contributed by atoms with Crippen molar-refractivity contribution in [3.8, 4) is 0 Å². The number of ketones is 2. The minimum atomic E-state index is 0.230. The lowest BCUT2D eigenvalue weighted by Gasteiger charge is -1.97. The van der Waals surface area contributed by atoms with E-state index >= 15 is 0 Å². The van der Waals surface area contributed by atoms with E-state index in [-0.39, 0.29) is 11.6 Å². The van der Waals surface area contributed by atoms with Gasteiger partial charge in [-0.1, -0.05) is 13.8 Å². The molecule has 0 aromatic carbocycles. The van der Waals surface area contributed by atoms with Crippen LogP contribution >= 0.6 is 0 Å². The van der Waals surface area contributed by atoms with Crippen molar-refractivity contribution in [2.75, 3.05) is 0 Å². The maximum atomic E-state index is 11.0. The van der Waals surface area contributed by atoms with Crippen molar-refractivity contribution in [2.45, 2.75) is 45.4 Å². The lowest BCUT2D eigenvalue weighted by Crippen LogP contribution is -2.00. The van der Waals surface area contributed by atoms with Crippen LogP contribution in [0, 0.1) is 6.92 Å².